The number of para-hydroxylation sites is 1. The van der Waals surface area contributed by atoms with Crippen LogP contribution >= 0.6 is 0 Å². The van der Waals surface area contributed by atoms with E-state index in [-0.39, 0.29) is 11.8 Å². The average molecular weight is 396 g/mol. The van der Waals surface area contributed by atoms with Crippen LogP contribution in [-0.4, -0.2) is 50.1 Å². The van der Waals surface area contributed by atoms with Gasteiger partial charge in [-0.05, 0) is 55.2 Å². The van der Waals surface area contributed by atoms with Gasteiger partial charge in [-0.1, -0.05) is 19.1 Å². The molecule has 2 aromatic rings. The summed E-state index contributed by atoms with van der Waals surface area (Å²) in [6, 6.07) is 14.1. The van der Waals surface area contributed by atoms with E-state index in [4.69, 9.17) is 9.47 Å². The summed E-state index contributed by atoms with van der Waals surface area (Å²) < 4.78 is 10.5. The van der Waals surface area contributed by atoms with Crippen molar-refractivity contribution in [2.24, 2.45) is 5.92 Å². The van der Waals surface area contributed by atoms with Crippen LogP contribution in [0.1, 0.15) is 40.5 Å². The summed E-state index contributed by atoms with van der Waals surface area (Å²) in [6.45, 7) is 4.68. The van der Waals surface area contributed by atoms with Gasteiger partial charge in [0.25, 0.3) is 11.8 Å². The molecular weight excluding hydrogens is 368 g/mol. The van der Waals surface area contributed by atoms with Crippen molar-refractivity contribution >= 4 is 17.5 Å². The van der Waals surface area contributed by atoms with Crippen LogP contribution in [0, 0.1) is 5.92 Å². The van der Waals surface area contributed by atoms with Crippen molar-refractivity contribution < 1.29 is 19.1 Å². The van der Waals surface area contributed by atoms with Crippen molar-refractivity contribution in [3.63, 3.8) is 0 Å². The number of ether oxygens (including phenoxy) is 2. The first-order valence-corrected chi connectivity index (χ1v) is 10.00. The van der Waals surface area contributed by atoms with Gasteiger partial charge in [0, 0.05) is 25.8 Å². The topological polar surface area (TPSA) is 67.9 Å². The molecule has 2 aromatic carbocycles. The number of rotatable bonds is 7. The first-order valence-electron chi connectivity index (χ1n) is 10.00. The Kier molecular flexibility index (Phi) is 7.25. The predicted octanol–water partition coefficient (Wildman–Crippen LogP) is 3.84. The highest BCUT2D eigenvalue weighted by Crippen LogP contribution is 2.23. The zero-order chi connectivity index (χ0) is 20.6. The maximum absolute atomic E-state index is 13.0. The molecule has 0 spiro atoms. The number of amides is 2. The van der Waals surface area contributed by atoms with E-state index in [0.29, 0.717) is 41.7 Å². The molecule has 0 aliphatic carbocycles. The summed E-state index contributed by atoms with van der Waals surface area (Å²) >= 11 is 0. The number of benzene rings is 2. The molecule has 1 fully saturated rings. The Bertz CT molecular complexity index is 827. The molecule has 0 unspecified atom stereocenters. The lowest BCUT2D eigenvalue weighted by Gasteiger charge is -2.30. The summed E-state index contributed by atoms with van der Waals surface area (Å²) in [6.07, 6.45) is 2.03. The van der Waals surface area contributed by atoms with Gasteiger partial charge in [-0.3, -0.25) is 9.59 Å². The highest BCUT2D eigenvalue weighted by molar-refractivity contribution is 6.09. The predicted molar refractivity (Wildman–Crippen MR) is 113 cm³/mol. The van der Waals surface area contributed by atoms with Gasteiger partial charge in [0.2, 0.25) is 0 Å². The molecule has 0 aromatic heterocycles. The molecule has 1 aliphatic rings. The molecule has 6 heteroatoms. The van der Waals surface area contributed by atoms with Gasteiger partial charge in [-0.2, -0.15) is 0 Å². The maximum atomic E-state index is 13.0. The zero-order valence-electron chi connectivity index (χ0n) is 17.0. The molecule has 3 rings (SSSR count). The number of carbonyl (C=O) groups is 2. The summed E-state index contributed by atoms with van der Waals surface area (Å²) in [5.74, 6) is 1.03. The molecule has 29 heavy (non-hydrogen) atoms. The van der Waals surface area contributed by atoms with Gasteiger partial charge < -0.3 is 19.7 Å². The molecule has 0 bridgehead atoms. The lowest BCUT2D eigenvalue weighted by Crippen LogP contribution is -2.38. The number of hydrogen-bond acceptors (Lipinski definition) is 4. The van der Waals surface area contributed by atoms with E-state index in [1.807, 2.05) is 17.0 Å². The number of methoxy groups -OCH3 is 1. The maximum Gasteiger partial charge on any atom is 0.255 e. The number of hydrogen-bond donors (Lipinski definition) is 1. The molecule has 6 nitrogen and oxygen atoms in total. The summed E-state index contributed by atoms with van der Waals surface area (Å²) in [7, 11) is 1.62. The number of likely N-dealkylation sites (tertiary alicyclic amines) is 1. The van der Waals surface area contributed by atoms with E-state index in [2.05, 4.69) is 12.2 Å². The lowest BCUT2D eigenvalue weighted by molar-refractivity contribution is 0.0698. The second kappa shape index (κ2) is 10.1. The van der Waals surface area contributed by atoms with Crippen molar-refractivity contribution in [3.05, 3.63) is 59.7 Å². The number of piperidine rings is 1. The van der Waals surface area contributed by atoms with Crippen LogP contribution < -0.4 is 10.1 Å². The Hall–Kier alpha value is -2.86. The molecule has 1 heterocycles. The summed E-state index contributed by atoms with van der Waals surface area (Å²) in [5, 5.41) is 2.88. The van der Waals surface area contributed by atoms with Crippen molar-refractivity contribution in [2.45, 2.75) is 19.8 Å². The van der Waals surface area contributed by atoms with Gasteiger partial charge in [-0.15, -0.1) is 0 Å². The molecular formula is C23H28N2O4. The third-order valence-electron chi connectivity index (χ3n) is 5.15. The van der Waals surface area contributed by atoms with Crippen LogP contribution in [0.15, 0.2) is 48.5 Å². The molecule has 1 aliphatic heterocycles. The second-order valence-electron chi connectivity index (χ2n) is 7.34. The summed E-state index contributed by atoms with van der Waals surface area (Å²) in [5.41, 5.74) is 1.55. The standard InChI is InChI=1S/C23H28N2O4/c1-17-11-13-25(14-12-17)23(27)20-5-3-4-6-21(20)24-22(26)18-7-9-19(10-8-18)29-16-15-28-2/h3-10,17H,11-16H2,1-2H3,(H,24,26). The normalized spacial score (nSPS) is 14.5. The Morgan fingerprint density at radius 1 is 1.03 bits per heavy atom. The van der Waals surface area contributed by atoms with Crippen molar-refractivity contribution in [2.75, 3.05) is 38.7 Å². The Morgan fingerprint density at radius 3 is 2.41 bits per heavy atom. The van der Waals surface area contributed by atoms with Crippen LogP contribution in [0.25, 0.3) is 0 Å². The number of nitrogens with one attached hydrogen (secondary N) is 1. The van der Waals surface area contributed by atoms with Gasteiger partial charge in [0.15, 0.2) is 0 Å². The smallest absolute Gasteiger partial charge is 0.255 e. The van der Waals surface area contributed by atoms with Gasteiger partial charge in [0.05, 0.1) is 17.9 Å². The monoisotopic (exact) mass is 396 g/mol. The number of anilines is 1. The van der Waals surface area contributed by atoms with Crippen LogP contribution in [0.3, 0.4) is 0 Å². The highest BCUT2D eigenvalue weighted by Gasteiger charge is 2.23. The Labute approximate surface area is 171 Å². The van der Waals surface area contributed by atoms with Crippen molar-refractivity contribution in [1.82, 2.24) is 4.90 Å². The van der Waals surface area contributed by atoms with Crippen LogP contribution in [0.4, 0.5) is 5.69 Å². The minimum Gasteiger partial charge on any atom is -0.491 e. The third-order valence-corrected chi connectivity index (χ3v) is 5.15. The van der Waals surface area contributed by atoms with Gasteiger partial charge >= 0.3 is 0 Å². The van der Waals surface area contributed by atoms with E-state index < -0.39 is 0 Å². The molecule has 1 N–H and O–H groups in total. The quantitative estimate of drug-likeness (QED) is 0.722. The van der Waals surface area contributed by atoms with Gasteiger partial charge in [0.1, 0.15) is 12.4 Å². The van der Waals surface area contributed by atoms with Gasteiger partial charge in [-0.25, -0.2) is 0 Å². The first kappa shape index (κ1) is 20.9. The van der Waals surface area contributed by atoms with E-state index >= 15 is 0 Å². The van der Waals surface area contributed by atoms with E-state index in [9.17, 15) is 9.59 Å². The van der Waals surface area contributed by atoms with Crippen LogP contribution in [-0.2, 0) is 4.74 Å². The Balaban J connectivity index is 1.67. The molecule has 2 amide bonds. The minimum absolute atomic E-state index is 0.0327. The number of nitrogens with zero attached hydrogens (tertiary/aromatic N) is 1. The fraction of sp³-hybridized carbons (Fsp3) is 0.391. The van der Waals surface area contributed by atoms with E-state index in [1.165, 1.54) is 0 Å². The minimum atomic E-state index is -0.263. The molecule has 154 valence electrons. The SMILES string of the molecule is COCCOc1ccc(C(=O)Nc2ccccc2C(=O)N2CCC(C)CC2)cc1. The molecule has 1 saturated heterocycles. The third kappa shape index (κ3) is 5.57. The largest absolute Gasteiger partial charge is 0.491 e. The molecule has 0 radical (unpaired) electrons. The average Bonchev–Trinajstić information content (AvgIpc) is 2.75. The molecule has 0 atom stereocenters. The van der Waals surface area contributed by atoms with E-state index in [0.717, 1.165) is 25.9 Å². The van der Waals surface area contributed by atoms with Crippen LogP contribution in [0.5, 0.6) is 5.75 Å². The second-order valence-corrected chi connectivity index (χ2v) is 7.34. The number of carbonyl (C=O) groups excluding carboxylic acids is 2. The lowest BCUT2D eigenvalue weighted by atomic mass is 9.98. The zero-order valence-corrected chi connectivity index (χ0v) is 17.0. The Morgan fingerprint density at radius 2 is 1.72 bits per heavy atom. The highest BCUT2D eigenvalue weighted by atomic mass is 16.5. The fourth-order valence-corrected chi connectivity index (χ4v) is 3.30. The van der Waals surface area contributed by atoms with Crippen molar-refractivity contribution in [1.29, 1.82) is 0 Å². The molecule has 0 saturated carbocycles. The fourth-order valence-electron chi connectivity index (χ4n) is 3.30. The first-order chi connectivity index (χ1) is 14.1. The van der Waals surface area contributed by atoms with Crippen LogP contribution in [0.2, 0.25) is 0 Å². The van der Waals surface area contributed by atoms with Crippen molar-refractivity contribution in [3.8, 4) is 5.75 Å². The van der Waals surface area contributed by atoms with E-state index in [1.54, 1.807) is 43.5 Å². The summed E-state index contributed by atoms with van der Waals surface area (Å²) in [4.78, 5) is 27.5.